The lowest BCUT2D eigenvalue weighted by Gasteiger charge is -2.40. The molecule has 20 heavy (non-hydrogen) atoms. The molecule has 2 saturated carbocycles. The van der Waals surface area contributed by atoms with Gasteiger partial charge in [-0.1, -0.05) is 32.1 Å². The topological polar surface area (TPSA) is 18.5 Å². The van der Waals surface area contributed by atoms with Gasteiger partial charge in [0.1, 0.15) is 0 Å². The average Bonchev–Trinajstić information content (AvgIpc) is 2.46. The summed E-state index contributed by atoms with van der Waals surface area (Å²) in [6, 6.07) is 0. The molecule has 0 aromatic heterocycles. The van der Waals surface area contributed by atoms with Crippen molar-refractivity contribution in [3.63, 3.8) is 0 Å². The zero-order chi connectivity index (χ0) is 14.4. The predicted molar refractivity (Wildman–Crippen MR) is 75.3 cm³/mol. The summed E-state index contributed by atoms with van der Waals surface area (Å²) in [4.78, 5) is 0. The SMILES string of the molecule is FC(F)OC1CC(C2CCCCC2)CCC1OCCCl. The van der Waals surface area contributed by atoms with E-state index in [1.54, 1.807) is 0 Å². The van der Waals surface area contributed by atoms with Crippen LogP contribution in [0.1, 0.15) is 51.4 Å². The summed E-state index contributed by atoms with van der Waals surface area (Å²) in [6.45, 7) is -2.31. The maximum atomic E-state index is 12.6. The van der Waals surface area contributed by atoms with Crippen molar-refractivity contribution in [2.24, 2.45) is 11.8 Å². The molecule has 0 aromatic carbocycles. The second-order valence-electron chi connectivity index (χ2n) is 6.00. The highest BCUT2D eigenvalue weighted by atomic mass is 35.5. The lowest BCUT2D eigenvalue weighted by Crippen LogP contribution is -2.41. The third kappa shape index (κ3) is 4.81. The Labute approximate surface area is 125 Å². The van der Waals surface area contributed by atoms with Crippen LogP contribution in [0.3, 0.4) is 0 Å². The van der Waals surface area contributed by atoms with Gasteiger partial charge in [-0.15, -0.1) is 11.6 Å². The van der Waals surface area contributed by atoms with Gasteiger partial charge in [-0.2, -0.15) is 8.78 Å². The van der Waals surface area contributed by atoms with Crippen molar-refractivity contribution in [1.29, 1.82) is 0 Å². The van der Waals surface area contributed by atoms with Gasteiger partial charge in [0.2, 0.25) is 0 Å². The molecule has 2 fully saturated rings. The molecule has 0 aliphatic heterocycles. The van der Waals surface area contributed by atoms with Gasteiger partial charge in [0, 0.05) is 5.88 Å². The highest BCUT2D eigenvalue weighted by molar-refractivity contribution is 6.17. The van der Waals surface area contributed by atoms with Crippen molar-refractivity contribution in [3.05, 3.63) is 0 Å². The molecule has 5 heteroatoms. The van der Waals surface area contributed by atoms with E-state index in [1.165, 1.54) is 32.1 Å². The number of hydrogen-bond donors (Lipinski definition) is 0. The van der Waals surface area contributed by atoms with Crippen molar-refractivity contribution in [3.8, 4) is 0 Å². The molecule has 0 N–H and O–H groups in total. The number of halogens is 3. The van der Waals surface area contributed by atoms with Crippen LogP contribution in [0.25, 0.3) is 0 Å². The van der Waals surface area contributed by atoms with E-state index in [-0.39, 0.29) is 6.10 Å². The number of alkyl halides is 3. The van der Waals surface area contributed by atoms with Crippen molar-refractivity contribution in [2.45, 2.75) is 70.2 Å². The first kappa shape index (κ1) is 16.4. The fourth-order valence-corrected chi connectivity index (χ4v) is 3.92. The molecular weight excluding hydrogens is 286 g/mol. The Balaban J connectivity index is 1.89. The lowest BCUT2D eigenvalue weighted by atomic mass is 9.72. The molecule has 3 unspecified atom stereocenters. The minimum absolute atomic E-state index is 0.220. The standard InChI is InChI=1S/C15H25ClF2O2/c16-8-9-19-13-7-6-12(10-14(13)20-15(17)18)11-4-2-1-3-5-11/h11-15H,1-10H2. The molecule has 0 spiro atoms. The van der Waals surface area contributed by atoms with Gasteiger partial charge in [0.25, 0.3) is 0 Å². The van der Waals surface area contributed by atoms with Crippen LogP contribution in [-0.2, 0) is 9.47 Å². The van der Waals surface area contributed by atoms with Crippen LogP contribution in [0.4, 0.5) is 8.78 Å². The van der Waals surface area contributed by atoms with Crippen LogP contribution in [0.2, 0.25) is 0 Å². The van der Waals surface area contributed by atoms with Gasteiger partial charge in [0.05, 0.1) is 18.8 Å². The van der Waals surface area contributed by atoms with Crippen molar-refractivity contribution in [1.82, 2.24) is 0 Å². The van der Waals surface area contributed by atoms with Crippen molar-refractivity contribution >= 4 is 11.6 Å². The van der Waals surface area contributed by atoms with Gasteiger partial charge in [0.15, 0.2) is 0 Å². The van der Waals surface area contributed by atoms with Crippen molar-refractivity contribution < 1.29 is 18.3 Å². The number of hydrogen-bond acceptors (Lipinski definition) is 2. The Morgan fingerprint density at radius 1 is 0.950 bits per heavy atom. The number of rotatable bonds is 6. The molecule has 3 atom stereocenters. The molecule has 0 saturated heterocycles. The van der Waals surface area contributed by atoms with Gasteiger partial charge in [-0.25, -0.2) is 0 Å². The summed E-state index contributed by atoms with van der Waals surface area (Å²) in [6.07, 6.45) is 8.29. The van der Waals surface area contributed by atoms with E-state index in [0.717, 1.165) is 12.8 Å². The van der Waals surface area contributed by atoms with Gasteiger partial charge >= 0.3 is 6.61 Å². The van der Waals surface area contributed by atoms with E-state index < -0.39 is 12.7 Å². The molecular formula is C15H25ClF2O2. The summed E-state index contributed by atoms with van der Waals surface area (Å²) in [5, 5.41) is 0. The van der Waals surface area contributed by atoms with E-state index in [4.69, 9.17) is 21.1 Å². The quantitative estimate of drug-likeness (QED) is 0.668. The van der Waals surface area contributed by atoms with Gasteiger partial charge in [-0.05, 0) is 31.1 Å². The molecule has 0 heterocycles. The minimum atomic E-state index is -2.72. The van der Waals surface area contributed by atoms with Gasteiger partial charge < -0.3 is 9.47 Å². The lowest BCUT2D eigenvalue weighted by molar-refractivity contribution is -0.209. The van der Waals surface area contributed by atoms with Gasteiger partial charge in [-0.3, -0.25) is 0 Å². The maximum absolute atomic E-state index is 12.6. The summed E-state index contributed by atoms with van der Waals surface area (Å²) in [7, 11) is 0. The Bertz CT molecular complexity index is 273. The second-order valence-corrected chi connectivity index (χ2v) is 6.38. The molecule has 118 valence electrons. The first-order chi connectivity index (χ1) is 9.70. The van der Waals surface area contributed by atoms with E-state index in [2.05, 4.69) is 0 Å². The van der Waals surface area contributed by atoms with Crippen LogP contribution < -0.4 is 0 Å². The van der Waals surface area contributed by atoms with E-state index in [0.29, 0.717) is 30.7 Å². The Morgan fingerprint density at radius 3 is 2.35 bits per heavy atom. The smallest absolute Gasteiger partial charge is 0.345 e. The molecule has 2 nitrogen and oxygen atoms in total. The Morgan fingerprint density at radius 2 is 1.70 bits per heavy atom. The van der Waals surface area contributed by atoms with Crippen LogP contribution in [-0.4, -0.2) is 31.3 Å². The third-order valence-corrected chi connectivity index (χ3v) is 4.93. The molecule has 0 aromatic rings. The largest absolute Gasteiger partial charge is 0.374 e. The average molecular weight is 311 g/mol. The molecule has 0 amide bonds. The predicted octanol–water partition coefficient (Wildman–Crippen LogP) is 4.60. The summed E-state index contributed by atoms with van der Waals surface area (Å²) < 4.78 is 35.6. The summed E-state index contributed by atoms with van der Waals surface area (Å²) in [5.74, 6) is 1.61. The van der Waals surface area contributed by atoms with E-state index in [9.17, 15) is 8.78 Å². The number of ether oxygens (including phenoxy) is 2. The van der Waals surface area contributed by atoms with Crippen LogP contribution in [0.5, 0.6) is 0 Å². The Hall–Kier alpha value is 0.0700. The third-order valence-electron chi connectivity index (χ3n) is 4.77. The molecule has 0 bridgehead atoms. The summed E-state index contributed by atoms with van der Waals surface area (Å²) in [5.41, 5.74) is 0. The van der Waals surface area contributed by atoms with Crippen LogP contribution in [0, 0.1) is 11.8 Å². The maximum Gasteiger partial charge on any atom is 0.345 e. The van der Waals surface area contributed by atoms with Crippen LogP contribution >= 0.6 is 11.6 Å². The molecule has 0 radical (unpaired) electrons. The molecule has 2 aliphatic rings. The highest BCUT2D eigenvalue weighted by Gasteiger charge is 2.37. The first-order valence-corrected chi connectivity index (χ1v) is 8.35. The van der Waals surface area contributed by atoms with Crippen molar-refractivity contribution in [2.75, 3.05) is 12.5 Å². The summed E-state index contributed by atoms with van der Waals surface area (Å²) >= 11 is 5.61. The monoisotopic (exact) mass is 310 g/mol. The molecule has 2 rings (SSSR count). The normalized spacial score (nSPS) is 32.7. The molecule has 2 aliphatic carbocycles. The second kappa shape index (κ2) is 8.50. The first-order valence-electron chi connectivity index (χ1n) is 7.82. The fraction of sp³-hybridized carbons (Fsp3) is 1.00. The van der Waals surface area contributed by atoms with Crippen LogP contribution in [0.15, 0.2) is 0 Å². The van der Waals surface area contributed by atoms with E-state index in [1.807, 2.05) is 0 Å². The fourth-order valence-electron chi connectivity index (χ4n) is 3.83. The minimum Gasteiger partial charge on any atom is -0.374 e. The Kier molecular flexibility index (Phi) is 6.99. The zero-order valence-corrected chi connectivity index (χ0v) is 12.7. The van der Waals surface area contributed by atoms with E-state index >= 15 is 0 Å². The highest BCUT2D eigenvalue weighted by Crippen LogP contribution is 2.40. The zero-order valence-electron chi connectivity index (χ0n) is 11.9.